The lowest BCUT2D eigenvalue weighted by molar-refractivity contribution is 0.694. The van der Waals surface area contributed by atoms with Crippen LogP contribution in [0, 0.1) is 11.8 Å². The fourth-order valence-electron chi connectivity index (χ4n) is 2.89. The van der Waals surface area contributed by atoms with Crippen LogP contribution in [0.2, 0.25) is 0 Å². The second kappa shape index (κ2) is 9.28. The molecule has 26 heavy (non-hydrogen) atoms. The van der Waals surface area contributed by atoms with Gasteiger partial charge in [-0.15, -0.1) is 0 Å². The van der Waals surface area contributed by atoms with E-state index in [0.717, 1.165) is 17.0 Å². The molecule has 1 heterocycles. The van der Waals surface area contributed by atoms with E-state index in [4.69, 9.17) is 0 Å². The Hall–Kier alpha value is -3.26. The molecule has 0 bridgehead atoms. The van der Waals surface area contributed by atoms with Gasteiger partial charge in [-0.25, -0.2) is 0 Å². The molecule has 2 aliphatic rings. The third kappa shape index (κ3) is 4.64. The van der Waals surface area contributed by atoms with Crippen molar-refractivity contribution in [2.45, 2.75) is 0 Å². The molecule has 1 aromatic rings. The summed E-state index contributed by atoms with van der Waals surface area (Å²) in [7, 11) is 0. The first-order valence-corrected chi connectivity index (χ1v) is 8.73. The summed E-state index contributed by atoms with van der Waals surface area (Å²) in [6.45, 7) is 3.68. The average molecular weight is 338 g/mol. The molecule has 0 amide bonds. The van der Waals surface area contributed by atoms with Gasteiger partial charge < -0.3 is 0 Å². The van der Waals surface area contributed by atoms with Crippen LogP contribution in [0.3, 0.4) is 0 Å². The average Bonchev–Trinajstić information content (AvgIpc) is 2.69. The van der Waals surface area contributed by atoms with E-state index in [1.54, 1.807) is 6.08 Å². The summed E-state index contributed by atoms with van der Waals surface area (Å²) >= 11 is 0. The lowest BCUT2D eigenvalue weighted by Gasteiger charge is -2.26. The maximum Gasteiger partial charge on any atom is 0.0850 e. The van der Waals surface area contributed by atoms with Gasteiger partial charge in [-0.1, -0.05) is 91.6 Å². The van der Waals surface area contributed by atoms with Crippen LogP contribution < -0.4 is 0 Å². The van der Waals surface area contributed by atoms with Gasteiger partial charge in [0.05, 0.1) is 11.4 Å². The Morgan fingerprint density at radius 3 is 2.73 bits per heavy atom. The van der Waals surface area contributed by atoms with Crippen LogP contribution in [0.25, 0.3) is 6.08 Å². The van der Waals surface area contributed by atoms with Crippen molar-refractivity contribution in [2.75, 3.05) is 0 Å². The highest BCUT2D eigenvalue weighted by atomic mass is 14.8. The molecule has 1 aliphatic heterocycles. The molecule has 0 N–H and O–H groups in total. The minimum absolute atomic E-state index is 0.226. The Balaban J connectivity index is 1.69. The van der Waals surface area contributed by atoms with E-state index in [2.05, 4.69) is 59.1 Å². The van der Waals surface area contributed by atoms with Crippen LogP contribution in [-0.2, 0) is 0 Å². The van der Waals surface area contributed by atoms with E-state index in [1.165, 1.54) is 0 Å². The van der Waals surface area contributed by atoms with Crippen molar-refractivity contribution in [3.63, 3.8) is 0 Å². The zero-order valence-electron chi connectivity index (χ0n) is 14.6. The number of hydrogen-bond acceptors (Lipinski definition) is 2. The van der Waals surface area contributed by atoms with Crippen LogP contribution >= 0.6 is 0 Å². The highest BCUT2D eigenvalue weighted by Crippen LogP contribution is 2.29. The monoisotopic (exact) mass is 338 g/mol. The molecule has 0 aromatic heterocycles. The van der Waals surface area contributed by atoms with E-state index >= 15 is 0 Å². The summed E-state index contributed by atoms with van der Waals surface area (Å²) in [5.74, 6) is 0.510. The fraction of sp³-hybridized carbons (Fsp3) is 0.0833. The number of aliphatic imine (C=N–C) groups is 2. The molecule has 0 fully saturated rings. The number of rotatable bonds is 6. The van der Waals surface area contributed by atoms with Crippen molar-refractivity contribution in [1.82, 2.24) is 0 Å². The molecular formula is C24H22N2. The predicted molar refractivity (Wildman–Crippen MR) is 113 cm³/mol. The SMILES string of the molecule is C=C/C=C\C=C\C1C=CN=C2C(N=C/C=C/c3ccccc3)=CC=CC21. The van der Waals surface area contributed by atoms with E-state index in [9.17, 15) is 0 Å². The summed E-state index contributed by atoms with van der Waals surface area (Å²) in [6, 6.07) is 10.2. The van der Waals surface area contributed by atoms with Crippen molar-refractivity contribution in [3.05, 3.63) is 115 Å². The standard InChI is InChI=1S/C24H22N2/c1-2-3-4-8-14-21-17-19-26-24-22(21)15-9-16-23(24)25-18-10-13-20-11-6-5-7-12-20/h2-19,21-22H,1H2/b4-3-,13-10+,14-8+,25-18?. The highest BCUT2D eigenvalue weighted by molar-refractivity contribution is 6.06. The number of hydrogen-bond donors (Lipinski definition) is 0. The molecule has 0 radical (unpaired) electrons. The highest BCUT2D eigenvalue weighted by Gasteiger charge is 2.26. The zero-order chi connectivity index (χ0) is 18.0. The molecule has 1 aromatic carbocycles. The van der Waals surface area contributed by atoms with Gasteiger partial charge in [0.25, 0.3) is 0 Å². The third-order valence-corrected chi connectivity index (χ3v) is 4.17. The largest absolute Gasteiger partial charge is 0.259 e. The number of benzene rings is 1. The summed E-state index contributed by atoms with van der Waals surface area (Å²) in [4.78, 5) is 9.18. The molecule has 1 aliphatic carbocycles. The molecule has 2 nitrogen and oxygen atoms in total. The summed E-state index contributed by atoms with van der Waals surface area (Å²) < 4.78 is 0. The third-order valence-electron chi connectivity index (χ3n) is 4.17. The van der Waals surface area contributed by atoms with Gasteiger partial charge in [-0.3, -0.25) is 9.98 Å². The number of fused-ring (bicyclic) bond motifs is 1. The second-order valence-corrected chi connectivity index (χ2v) is 5.95. The van der Waals surface area contributed by atoms with Crippen molar-refractivity contribution in [1.29, 1.82) is 0 Å². The number of nitrogens with zero attached hydrogens (tertiary/aromatic N) is 2. The first-order chi connectivity index (χ1) is 12.9. The lowest BCUT2D eigenvalue weighted by atomic mass is 9.82. The van der Waals surface area contributed by atoms with Crippen LogP contribution in [-0.4, -0.2) is 11.9 Å². The minimum Gasteiger partial charge on any atom is -0.259 e. The quantitative estimate of drug-likeness (QED) is 0.468. The van der Waals surface area contributed by atoms with Crippen LogP contribution in [0.4, 0.5) is 0 Å². The lowest BCUT2D eigenvalue weighted by Crippen LogP contribution is -2.25. The van der Waals surface area contributed by atoms with Crippen molar-refractivity contribution >= 4 is 18.0 Å². The van der Waals surface area contributed by atoms with Gasteiger partial charge in [-0.05, 0) is 17.7 Å². The topological polar surface area (TPSA) is 24.7 Å². The van der Waals surface area contributed by atoms with Gasteiger partial charge >= 0.3 is 0 Å². The van der Waals surface area contributed by atoms with Crippen molar-refractivity contribution in [2.24, 2.45) is 21.8 Å². The van der Waals surface area contributed by atoms with Gasteiger partial charge in [-0.2, -0.15) is 0 Å². The van der Waals surface area contributed by atoms with Gasteiger partial charge in [0, 0.05) is 24.3 Å². The smallest absolute Gasteiger partial charge is 0.0850 e. The van der Waals surface area contributed by atoms with Crippen LogP contribution in [0.15, 0.2) is 120 Å². The Morgan fingerprint density at radius 1 is 1.00 bits per heavy atom. The molecular weight excluding hydrogens is 316 g/mol. The molecule has 2 heteroatoms. The normalized spacial score (nSPS) is 22.3. The second-order valence-electron chi connectivity index (χ2n) is 5.95. The first kappa shape index (κ1) is 17.6. The van der Waals surface area contributed by atoms with Crippen molar-refractivity contribution in [3.8, 4) is 0 Å². The molecule has 128 valence electrons. The Kier molecular flexibility index (Phi) is 6.27. The zero-order valence-corrected chi connectivity index (χ0v) is 14.6. The maximum atomic E-state index is 4.61. The predicted octanol–water partition coefficient (Wildman–Crippen LogP) is 5.72. The van der Waals surface area contributed by atoms with E-state index in [0.29, 0.717) is 0 Å². The molecule has 2 atom stereocenters. The van der Waals surface area contributed by atoms with Gasteiger partial charge in [0.2, 0.25) is 0 Å². The first-order valence-electron chi connectivity index (χ1n) is 8.73. The molecule has 2 unspecified atom stereocenters. The van der Waals surface area contributed by atoms with Gasteiger partial charge in [0.1, 0.15) is 0 Å². The van der Waals surface area contributed by atoms with Crippen LogP contribution in [0.1, 0.15) is 5.56 Å². The Labute approximate surface area is 155 Å². The maximum absolute atomic E-state index is 4.61. The molecule has 0 spiro atoms. The minimum atomic E-state index is 0.226. The molecule has 0 saturated carbocycles. The Bertz CT molecular complexity index is 859. The Morgan fingerprint density at radius 2 is 1.88 bits per heavy atom. The van der Waals surface area contributed by atoms with E-state index in [-0.39, 0.29) is 11.8 Å². The van der Waals surface area contributed by atoms with Crippen molar-refractivity contribution < 1.29 is 0 Å². The van der Waals surface area contributed by atoms with E-state index in [1.807, 2.05) is 61.0 Å². The molecule has 0 saturated heterocycles. The number of allylic oxidation sites excluding steroid dienone is 11. The summed E-state index contributed by atoms with van der Waals surface area (Å²) in [6.07, 6.45) is 26.0. The van der Waals surface area contributed by atoms with E-state index < -0.39 is 0 Å². The summed E-state index contributed by atoms with van der Waals surface area (Å²) in [5, 5.41) is 0. The molecule has 3 rings (SSSR count). The van der Waals surface area contributed by atoms with Gasteiger partial charge in [0.15, 0.2) is 0 Å². The van der Waals surface area contributed by atoms with Crippen LogP contribution in [0.5, 0.6) is 0 Å². The fourth-order valence-corrected chi connectivity index (χ4v) is 2.89. The summed E-state index contributed by atoms with van der Waals surface area (Å²) in [5.41, 5.74) is 3.09.